The number of hydrogen-bond acceptors (Lipinski definition) is 2. The number of hydrogen-bond donors (Lipinski definition) is 1. The van der Waals surface area contributed by atoms with Crippen LogP contribution in [0.3, 0.4) is 0 Å². The smallest absolute Gasteiger partial charge is 0.0838 e. The molecule has 2 aromatic rings. The predicted octanol–water partition coefficient (Wildman–Crippen LogP) is 3.03. The Morgan fingerprint density at radius 1 is 1.20 bits per heavy atom. The van der Waals surface area contributed by atoms with E-state index in [0.29, 0.717) is 5.02 Å². The maximum absolute atomic E-state index is 6.01. The molecule has 0 amide bonds. The van der Waals surface area contributed by atoms with Gasteiger partial charge in [0, 0.05) is 23.8 Å². The topological polar surface area (TPSA) is 29.9 Å². The van der Waals surface area contributed by atoms with Gasteiger partial charge in [-0.1, -0.05) is 11.6 Å². The van der Waals surface area contributed by atoms with Crippen molar-refractivity contribution < 1.29 is 0 Å². The van der Waals surface area contributed by atoms with E-state index >= 15 is 0 Å². The normalized spacial score (nSPS) is 10.3. The van der Waals surface area contributed by atoms with Crippen LogP contribution in [-0.2, 0) is 0 Å². The summed E-state index contributed by atoms with van der Waals surface area (Å²) in [5.74, 6) is 0. The third-order valence-corrected chi connectivity index (χ3v) is 2.58. The van der Waals surface area contributed by atoms with Gasteiger partial charge in [-0.2, -0.15) is 0 Å². The molecule has 0 atom stereocenters. The molecule has 0 aromatic carbocycles. The largest absolute Gasteiger partial charge is 0.293 e. The summed E-state index contributed by atoms with van der Waals surface area (Å²) in [7, 11) is 0. The average Bonchev–Trinajstić information content (AvgIpc) is 2.53. The van der Waals surface area contributed by atoms with Gasteiger partial charge in [0.25, 0.3) is 0 Å². The van der Waals surface area contributed by atoms with Gasteiger partial charge < -0.3 is 0 Å². The molecule has 0 spiro atoms. The fourth-order valence-corrected chi connectivity index (χ4v) is 1.59. The lowest BCUT2D eigenvalue weighted by Crippen LogP contribution is -2.12. The maximum atomic E-state index is 6.01. The van der Waals surface area contributed by atoms with Crippen molar-refractivity contribution in [3.63, 3.8) is 0 Å². The molecule has 2 aromatic heterocycles. The molecular formula is C11H12ClN3. The van der Waals surface area contributed by atoms with E-state index in [2.05, 4.69) is 22.5 Å². The number of pyridine rings is 1. The number of nitrogens with zero attached hydrogens (tertiary/aromatic N) is 2. The first-order valence-corrected chi connectivity index (χ1v) is 5.08. The number of aromatic nitrogens is 2. The quantitative estimate of drug-likeness (QED) is 0.845. The van der Waals surface area contributed by atoms with Crippen LogP contribution in [-0.4, -0.2) is 9.66 Å². The lowest BCUT2D eigenvalue weighted by molar-refractivity contribution is 0.881. The second-order valence-electron chi connectivity index (χ2n) is 3.42. The number of aryl methyl sites for hydroxylation is 2. The summed E-state index contributed by atoms with van der Waals surface area (Å²) in [5, 5.41) is 0.616. The summed E-state index contributed by atoms with van der Waals surface area (Å²) in [4.78, 5) is 3.94. The van der Waals surface area contributed by atoms with Gasteiger partial charge in [-0.05, 0) is 32.0 Å². The first-order chi connectivity index (χ1) is 7.18. The van der Waals surface area contributed by atoms with E-state index in [1.807, 2.05) is 24.6 Å². The standard InChI is InChI=1S/C11H12ClN3/c1-8-3-4-9(2)15(8)14-11-5-6-13-7-10(11)12/h3-7H,1-2H3,(H,13,14). The second kappa shape index (κ2) is 3.95. The van der Waals surface area contributed by atoms with Gasteiger partial charge in [-0.3, -0.25) is 15.1 Å². The van der Waals surface area contributed by atoms with Crippen molar-refractivity contribution >= 4 is 17.3 Å². The molecule has 0 unspecified atom stereocenters. The highest BCUT2D eigenvalue weighted by Crippen LogP contribution is 2.20. The summed E-state index contributed by atoms with van der Waals surface area (Å²) in [6, 6.07) is 5.95. The Bertz CT molecular complexity index is 457. The Morgan fingerprint density at radius 2 is 1.87 bits per heavy atom. The lowest BCUT2D eigenvalue weighted by atomic mass is 10.4. The zero-order valence-corrected chi connectivity index (χ0v) is 9.42. The van der Waals surface area contributed by atoms with Crippen LogP contribution in [0.5, 0.6) is 0 Å². The monoisotopic (exact) mass is 221 g/mol. The molecule has 4 heteroatoms. The van der Waals surface area contributed by atoms with Crippen molar-refractivity contribution in [3.05, 3.63) is 47.0 Å². The van der Waals surface area contributed by atoms with Crippen LogP contribution in [0.1, 0.15) is 11.4 Å². The van der Waals surface area contributed by atoms with Crippen LogP contribution in [0.25, 0.3) is 0 Å². The molecule has 0 radical (unpaired) electrons. The summed E-state index contributed by atoms with van der Waals surface area (Å²) in [6.07, 6.45) is 3.33. The van der Waals surface area contributed by atoms with E-state index in [1.165, 1.54) is 0 Å². The van der Waals surface area contributed by atoms with Crippen molar-refractivity contribution in [2.45, 2.75) is 13.8 Å². The predicted molar refractivity (Wildman–Crippen MR) is 62.2 cm³/mol. The molecule has 0 saturated heterocycles. The van der Waals surface area contributed by atoms with E-state index in [9.17, 15) is 0 Å². The highest BCUT2D eigenvalue weighted by Gasteiger charge is 2.03. The molecule has 0 aliphatic carbocycles. The average molecular weight is 222 g/mol. The summed E-state index contributed by atoms with van der Waals surface area (Å²) < 4.78 is 1.99. The minimum absolute atomic E-state index is 0.616. The Balaban J connectivity index is 2.34. The number of halogens is 1. The molecule has 2 heterocycles. The molecule has 1 N–H and O–H groups in total. The van der Waals surface area contributed by atoms with Crippen LogP contribution in [0, 0.1) is 13.8 Å². The minimum Gasteiger partial charge on any atom is -0.293 e. The van der Waals surface area contributed by atoms with Crippen molar-refractivity contribution in [1.82, 2.24) is 9.66 Å². The summed E-state index contributed by atoms with van der Waals surface area (Å²) in [5.41, 5.74) is 6.37. The van der Waals surface area contributed by atoms with Crippen molar-refractivity contribution in [1.29, 1.82) is 0 Å². The first-order valence-electron chi connectivity index (χ1n) is 4.70. The molecule has 3 nitrogen and oxygen atoms in total. The van der Waals surface area contributed by atoms with E-state index in [1.54, 1.807) is 12.4 Å². The SMILES string of the molecule is Cc1ccc(C)n1Nc1ccncc1Cl. The fraction of sp³-hybridized carbons (Fsp3) is 0.182. The van der Waals surface area contributed by atoms with Gasteiger partial charge in [0.05, 0.1) is 10.7 Å². The van der Waals surface area contributed by atoms with Gasteiger partial charge >= 0.3 is 0 Å². The molecule has 0 fully saturated rings. The zero-order chi connectivity index (χ0) is 10.8. The van der Waals surface area contributed by atoms with Crippen LogP contribution in [0.4, 0.5) is 5.69 Å². The molecule has 0 aliphatic heterocycles. The molecular weight excluding hydrogens is 210 g/mol. The van der Waals surface area contributed by atoms with Gasteiger partial charge in [0.2, 0.25) is 0 Å². The second-order valence-corrected chi connectivity index (χ2v) is 3.83. The number of anilines is 1. The Labute approximate surface area is 93.7 Å². The Morgan fingerprint density at radius 3 is 2.47 bits per heavy atom. The summed E-state index contributed by atoms with van der Waals surface area (Å²) in [6.45, 7) is 4.07. The van der Waals surface area contributed by atoms with Crippen molar-refractivity contribution in [3.8, 4) is 0 Å². The van der Waals surface area contributed by atoms with Crippen LogP contribution in [0.2, 0.25) is 5.02 Å². The minimum atomic E-state index is 0.616. The van der Waals surface area contributed by atoms with Crippen LogP contribution in [0.15, 0.2) is 30.6 Å². The maximum Gasteiger partial charge on any atom is 0.0838 e. The highest BCUT2D eigenvalue weighted by molar-refractivity contribution is 6.33. The van der Waals surface area contributed by atoms with Crippen molar-refractivity contribution in [2.24, 2.45) is 0 Å². The molecule has 0 saturated carbocycles. The van der Waals surface area contributed by atoms with Gasteiger partial charge in [-0.25, -0.2) is 0 Å². The highest BCUT2D eigenvalue weighted by atomic mass is 35.5. The third-order valence-electron chi connectivity index (χ3n) is 2.28. The Hall–Kier alpha value is -1.48. The van der Waals surface area contributed by atoms with E-state index < -0.39 is 0 Å². The number of rotatable bonds is 2. The lowest BCUT2D eigenvalue weighted by Gasteiger charge is -2.13. The summed E-state index contributed by atoms with van der Waals surface area (Å²) >= 11 is 6.01. The van der Waals surface area contributed by atoms with Gasteiger partial charge in [0.1, 0.15) is 0 Å². The first kappa shape index (κ1) is 10.1. The van der Waals surface area contributed by atoms with Gasteiger partial charge in [0.15, 0.2) is 0 Å². The number of nitrogens with one attached hydrogen (secondary N) is 1. The molecule has 0 aliphatic rings. The molecule has 15 heavy (non-hydrogen) atoms. The third kappa shape index (κ3) is 1.97. The van der Waals surface area contributed by atoms with E-state index in [-0.39, 0.29) is 0 Å². The van der Waals surface area contributed by atoms with E-state index in [4.69, 9.17) is 11.6 Å². The van der Waals surface area contributed by atoms with Crippen LogP contribution >= 0.6 is 11.6 Å². The Kier molecular flexibility index (Phi) is 2.64. The van der Waals surface area contributed by atoms with Gasteiger partial charge in [-0.15, -0.1) is 0 Å². The molecule has 2 rings (SSSR count). The zero-order valence-electron chi connectivity index (χ0n) is 8.66. The van der Waals surface area contributed by atoms with Crippen molar-refractivity contribution in [2.75, 3.05) is 5.43 Å². The molecule has 78 valence electrons. The fourth-order valence-electron chi connectivity index (χ4n) is 1.43. The van der Waals surface area contributed by atoms with E-state index in [0.717, 1.165) is 17.1 Å². The molecule has 0 bridgehead atoms. The van der Waals surface area contributed by atoms with Crippen LogP contribution < -0.4 is 5.43 Å².